The van der Waals surface area contributed by atoms with E-state index in [4.69, 9.17) is 16.3 Å². The van der Waals surface area contributed by atoms with Crippen molar-refractivity contribution in [2.24, 2.45) is 4.99 Å². The van der Waals surface area contributed by atoms with Gasteiger partial charge in [-0.2, -0.15) is 0 Å². The van der Waals surface area contributed by atoms with Crippen molar-refractivity contribution in [3.8, 4) is 0 Å². The highest BCUT2D eigenvalue weighted by Crippen LogP contribution is 2.36. The van der Waals surface area contributed by atoms with Gasteiger partial charge in [0.1, 0.15) is 0 Å². The average Bonchev–Trinajstić information content (AvgIpc) is 2.58. The van der Waals surface area contributed by atoms with Crippen LogP contribution in [0.5, 0.6) is 0 Å². The Morgan fingerprint density at radius 3 is 2.74 bits per heavy atom. The van der Waals surface area contributed by atoms with Crippen LogP contribution in [0, 0.1) is 0 Å². The van der Waals surface area contributed by atoms with E-state index in [0.717, 1.165) is 5.56 Å². The topological polar surface area (TPSA) is 62.1 Å². The predicted molar refractivity (Wildman–Crippen MR) is 89.4 cm³/mol. The van der Waals surface area contributed by atoms with Gasteiger partial charge in [-0.25, -0.2) is 9.79 Å². The van der Waals surface area contributed by atoms with Crippen LogP contribution in [0.1, 0.15) is 15.9 Å². The molecule has 0 aromatic heterocycles. The molecule has 23 heavy (non-hydrogen) atoms. The van der Waals surface area contributed by atoms with E-state index < -0.39 is 12.2 Å². The zero-order chi connectivity index (χ0) is 16.4. The second-order valence-electron chi connectivity index (χ2n) is 5.12. The number of ether oxygens (including phenoxy) is 1. The van der Waals surface area contributed by atoms with Crippen molar-refractivity contribution in [1.29, 1.82) is 0 Å². The van der Waals surface area contributed by atoms with Crippen LogP contribution in [-0.2, 0) is 11.3 Å². The van der Waals surface area contributed by atoms with Gasteiger partial charge in [-0.1, -0.05) is 41.9 Å². The van der Waals surface area contributed by atoms with E-state index in [9.17, 15) is 9.90 Å². The summed E-state index contributed by atoms with van der Waals surface area (Å²) in [6, 6.07) is 14.7. The molecule has 0 fully saturated rings. The summed E-state index contributed by atoms with van der Waals surface area (Å²) in [5, 5.41) is 10.4. The number of esters is 1. The maximum absolute atomic E-state index is 11.7. The van der Waals surface area contributed by atoms with Crippen LogP contribution in [0.2, 0.25) is 0 Å². The quantitative estimate of drug-likeness (QED) is 0.878. The zero-order valence-corrected chi connectivity index (χ0v) is 13.2. The van der Waals surface area contributed by atoms with Crippen molar-refractivity contribution in [2.45, 2.75) is 12.8 Å². The van der Waals surface area contributed by atoms with E-state index in [2.05, 4.69) is 4.99 Å². The van der Waals surface area contributed by atoms with Gasteiger partial charge >= 0.3 is 5.97 Å². The van der Waals surface area contributed by atoms with Crippen molar-refractivity contribution in [3.63, 3.8) is 0 Å². The highest BCUT2D eigenvalue weighted by atomic mass is 35.5. The Kier molecular flexibility index (Phi) is 4.32. The Bertz CT molecular complexity index is 762. The number of carbonyl (C=O) groups is 1. The highest BCUT2D eigenvalue weighted by Gasteiger charge is 2.28. The van der Waals surface area contributed by atoms with E-state index in [1.807, 2.05) is 30.3 Å². The highest BCUT2D eigenvalue weighted by molar-refractivity contribution is 6.67. The number of aliphatic hydroxyl groups is 1. The second kappa shape index (κ2) is 6.40. The first-order valence-electron chi connectivity index (χ1n) is 7.05. The third kappa shape index (κ3) is 3.06. The Morgan fingerprint density at radius 2 is 2.04 bits per heavy atom. The summed E-state index contributed by atoms with van der Waals surface area (Å²) >= 11 is 6.06. The standard InChI is InChI=1S/C17H15ClN2O3/c1-23-17(22)12-7-8-14-13(9-12)19-15(18)16(21)20(14)10-11-5-3-2-4-6-11/h2-9,16,21H,10H2,1H3. The van der Waals surface area contributed by atoms with Gasteiger partial charge in [0.25, 0.3) is 0 Å². The summed E-state index contributed by atoms with van der Waals surface area (Å²) in [4.78, 5) is 17.6. The lowest BCUT2D eigenvalue weighted by Crippen LogP contribution is -2.40. The molecule has 0 saturated carbocycles. The SMILES string of the molecule is COC(=O)c1ccc2c(c1)N=C(Cl)C(O)N2Cc1ccccc1. The van der Waals surface area contributed by atoms with Crippen molar-refractivity contribution >= 4 is 34.1 Å². The monoisotopic (exact) mass is 330 g/mol. The number of nitrogens with zero attached hydrogens (tertiary/aromatic N) is 2. The van der Waals surface area contributed by atoms with E-state index in [1.165, 1.54) is 7.11 Å². The zero-order valence-electron chi connectivity index (χ0n) is 12.4. The normalized spacial score (nSPS) is 16.6. The molecule has 118 valence electrons. The molecular weight excluding hydrogens is 316 g/mol. The van der Waals surface area contributed by atoms with Crippen LogP contribution >= 0.6 is 11.6 Å². The molecular formula is C17H15ClN2O3. The Morgan fingerprint density at radius 1 is 1.30 bits per heavy atom. The molecule has 5 nitrogen and oxygen atoms in total. The van der Waals surface area contributed by atoms with Crippen molar-refractivity contribution in [2.75, 3.05) is 12.0 Å². The molecule has 0 aliphatic carbocycles. The molecule has 1 heterocycles. The van der Waals surface area contributed by atoms with Gasteiger partial charge in [0.15, 0.2) is 11.4 Å². The Labute approximate surface area is 138 Å². The molecule has 1 aliphatic heterocycles. The maximum Gasteiger partial charge on any atom is 0.337 e. The van der Waals surface area contributed by atoms with E-state index in [1.54, 1.807) is 23.1 Å². The minimum atomic E-state index is -1.02. The number of fused-ring (bicyclic) bond motifs is 1. The molecule has 1 N–H and O–H groups in total. The van der Waals surface area contributed by atoms with E-state index >= 15 is 0 Å². The lowest BCUT2D eigenvalue weighted by atomic mass is 10.1. The molecule has 1 atom stereocenters. The van der Waals surface area contributed by atoms with E-state index in [-0.39, 0.29) is 5.17 Å². The fraction of sp³-hybridized carbons (Fsp3) is 0.176. The molecule has 0 saturated heterocycles. The molecule has 2 aromatic rings. The first kappa shape index (κ1) is 15.5. The number of methoxy groups -OCH3 is 1. The van der Waals surface area contributed by atoms with Gasteiger partial charge in [-0.15, -0.1) is 0 Å². The number of rotatable bonds is 3. The van der Waals surface area contributed by atoms with Gasteiger partial charge in [0.2, 0.25) is 0 Å². The minimum Gasteiger partial charge on any atom is -0.465 e. The third-order valence-corrected chi connectivity index (χ3v) is 3.92. The average molecular weight is 331 g/mol. The predicted octanol–water partition coefficient (Wildman–Crippen LogP) is 3.08. The molecule has 2 aromatic carbocycles. The Hall–Kier alpha value is -2.37. The summed E-state index contributed by atoms with van der Waals surface area (Å²) in [7, 11) is 1.32. The third-order valence-electron chi connectivity index (χ3n) is 3.64. The lowest BCUT2D eigenvalue weighted by molar-refractivity contribution is 0.0601. The van der Waals surface area contributed by atoms with Gasteiger partial charge < -0.3 is 14.7 Å². The van der Waals surface area contributed by atoms with Gasteiger partial charge in [0, 0.05) is 6.54 Å². The molecule has 0 amide bonds. The molecule has 0 spiro atoms. The van der Waals surface area contributed by atoms with E-state index in [0.29, 0.717) is 23.5 Å². The largest absolute Gasteiger partial charge is 0.465 e. The molecule has 6 heteroatoms. The summed E-state index contributed by atoms with van der Waals surface area (Å²) < 4.78 is 4.71. The number of hydrogen-bond donors (Lipinski definition) is 1. The first-order chi connectivity index (χ1) is 11.1. The Balaban J connectivity index is 1.99. The maximum atomic E-state index is 11.7. The number of benzene rings is 2. The molecule has 1 aliphatic rings. The fourth-order valence-corrected chi connectivity index (χ4v) is 2.69. The van der Waals surface area contributed by atoms with Gasteiger partial charge in [0.05, 0.1) is 24.0 Å². The smallest absolute Gasteiger partial charge is 0.337 e. The van der Waals surface area contributed by atoms with Crippen molar-refractivity contribution in [3.05, 3.63) is 59.7 Å². The van der Waals surface area contributed by atoms with Gasteiger partial charge in [-0.3, -0.25) is 0 Å². The minimum absolute atomic E-state index is 0.0652. The molecule has 0 bridgehead atoms. The summed E-state index contributed by atoms with van der Waals surface area (Å²) in [6.07, 6.45) is -1.02. The van der Waals surface area contributed by atoms with Crippen molar-refractivity contribution < 1.29 is 14.6 Å². The van der Waals surface area contributed by atoms with Gasteiger partial charge in [-0.05, 0) is 23.8 Å². The number of anilines is 1. The summed E-state index contributed by atoms with van der Waals surface area (Å²) in [6.45, 7) is 0.471. The molecule has 0 radical (unpaired) electrons. The van der Waals surface area contributed by atoms with Crippen LogP contribution in [0.4, 0.5) is 11.4 Å². The van der Waals surface area contributed by atoms with Crippen LogP contribution in [0.25, 0.3) is 0 Å². The number of aliphatic hydroxyl groups excluding tert-OH is 1. The van der Waals surface area contributed by atoms with Crippen LogP contribution < -0.4 is 4.90 Å². The number of carbonyl (C=O) groups excluding carboxylic acids is 1. The summed E-state index contributed by atoms with van der Waals surface area (Å²) in [5.41, 5.74) is 2.65. The number of aliphatic imine (C=N–C) groups is 1. The fourth-order valence-electron chi connectivity index (χ4n) is 2.49. The van der Waals surface area contributed by atoms with Crippen LogP contribution in [0.3, 0.4) is 0 Å². The van der Waals surface area contributed by atoms with Crippen LogP contribution in [0.15, 0.2) is 53.5 Å². The molecule has 3 rings (SSSR count). The number of halogens is 1. The number of hydrogen-bond acceptors (Lipinski definition) is 5. The van der Waals surface area contributed by atoms with Crippen molar-refractivity contribution in [1.82, 2.24) is 0 Å². The van der Waals surface area contributed by atoms with Crippen LogP contribution in [-0.4, -0.2) is 29.6 Å². The second-order valence-corrected chi connectivity index (χ2v) is 5.50. The summed E-state index contributed by atoms with van der Waals surface area (Å²) in [5.74, 6) is -0.445. The lowest BCUT2D eigenvalue weighted by Gasteiger charge is -2.33. The first-order valence-corrected chi connectivity index (χ1v) is 7.43. The molecule has 1 unspecified atom stereocenters.